The molecule has 0 spiro atoms. The van der Waals surface area contributed by atoms with E-state index >= 15 is 0 Å². The molecule has 40 heavy (non-hydrogen) atoms. The van der Waals surface area contributed by atoms with E-state index in [2.05, 4.69) is 20.6 Å². The number of likely N-dealkylation sites (tertiary alicyclic amines) is 1. The molecule has 0 aliphatic carbocycles. The van der Waals surface area contributed by atoms with E-state index in [1.807, 2.05) is 12.1 Å². The zero-order valence-corrected chi connectivity index (χ0v) is 21.8. The normalized spacial score (nSPS) is 17.9. The molecule has 1 amide bonds. The highest BCUT2D eigenvalue weighted by atomic mass is 19.3. The number of carbonyl (C=O) groups excluding carboxylic acids is 1. The van der Waals surface area contributed by atoms with Gasteiger partial charge in [0.25, 0.3) is 11.8 Å². The fraction of sp³-hybridized carbons (Fsp3) is 0.345. The molecule has 7 rings (SSSR count). The quantitative estimate of drug-likeness (QED) is 0.357. The fourth-order valence-corrected chi connectivity index (χ4v) is 5.30. The van der Waals surface area contributed by atoms with Crippen molar-refractivity contribution in [3.05, 3.63) is 77.5 Å². The summed E-state index contributed by atoms with van der Waals surface area (Å²) in [4.78, 5) is 23.3. The third kappa shape index (κ3) is 5.52. The van der Waals surface area contributed by atoms with Crippen LogP contribution in [0.5, 0.6) is 0 Å². The first-order valence-corrected chi connectivity index (χ1v) is 13.3. The monoisotopic (exact) mass is 550 g/mol. The number of nitrogens with one attached hydrogen (secondary N) is 2. The van der Waals surface area contributed by atoms with E-state index in [4.69, 9.17) is 4.74 Å². The number of halogens is 3. The number of imidazole rings is 1. The Morgan fingerprint density at radius 3 is 2.73 bits per heavy atom. The van der Waals surface area contributed by atoms with Crippen molar-refractivity contribution < 1.29 is 22.7 Å². The van der Waals surface area contributed by atoms with Crippen molar-refractivity contribution in [3.8, 4) is 11.3 Å². The van der Waals surface area contributed by atoms with Crippen LogP contribution in [0.4, 0.5) is 24.7 Å². The fourth-order valence-electron chi connectivity index (χ4n) is 5.30. The van der Waals surface area contributed by atoms with Gasteiger partial charge in [-0.1, -0.05) is 12.1 Å². The lowest BCUT2D eigenvalue weighted by Gasteiger charge is -2.16. The molecule has 0 radical (unpaired) electrons. The van der Waals surface area contributed by atoms with Crippen molar-refractivity contribution in [2.45, 2.75) is 38.3 Å². The van der Waals surface area contributed by atoms with Crippen LogP contribution in [0.15, 0.2) is 54.9 Å². The number of amides is 1. The van der Waals surface area contributed by atoms with Crippen molar-refractivity contribution in [1.82, 2.24) is 24.6 Å². The molecule has 1 aromatic carbocycles. The largest absolute Gasteiger partial charge is 0.381 e. The highest BCUT2D eigenvalue weighted by Crippen LogP contribution is 2.35. The van der Waals surface area contributed by atoms with Gasteiger partial charge in [0.2, 0.25) is 0 Å². The van der Waals surface area contributed by atoms with Crippen LogP contribution < -0.4 is 10.6 Å². The first kappa shape index (κ1) is 26.3. The molecular weight excluding hydrogens is 521 g/mol. The van der Waals surface area contributed by atoms with Gasteiger partial charge in [0, 0.05) is 57.1 Å². The van der Waals surface area contributed by atoms with Gasteiger partial charge in [0.1, 0.15) is 17.3 Å². The Hall–Kier alpha value is -3.96. The smallest absolute Gasteiger partial charge is 0.261 e. The van der Waals surface area contributed by atoms with Crippen molar-refractivity contribution in [2.75, 3.05) is 31.6 Å². The topological polar surface area (TPSA) is 83.8 Å². The lowest BCUT2D eigenvalue weighted by atomic mass is 9.99. The maximum Gasteiger partial charge on any atom is 0.261 e. The van der Waals surface area contributed by atoms with Gasteiger partial charge in [0.15, 0.2) is 0 Å². The van der Waals surface area contributed by atoms with E-state index < -0.39 is 5.92 Å². The van der Waals surface area contributed by atoms with Gasteiger partial charge in [-0.05, 0) is 42.7 Å². The number of carbonyl (C=O) groups is 1. The molecule has 4 aromatic rings. The average molecular weight is 551 g/mol. The molecule has 6 heterocycles. The second-order valence-electron chi connectivity index (χ2n) is 10.2. The number of fused-ring (bicyclic) bond motifs is 2. The summed E-state index contributed by atoms with van der Waals surface area (Å²) in [5.74, 6) is -2.71. The van der Waals surface area contributed by atoms with Crippen LogP contribution in [0.25, 0.3) is 16.9 Å². The molecule has 2 saturated heterocycles. The van der Waals surface area contributed by atoms with Crippen LogP contribution >= 0.6 is 0 Å². The van der Waals surface area contributed by atoms with Gasteiger partial charge in [0.05, 0.1) is 35.4 Å². The zero-order valence-electron chi connectivity index (χ0n) is 21.8. The summed E-state index contributed by atoms with van der Waals surface area (Å²) >= 11 is 0. The van der Waals surface area contributed by atoms with Crippen LogP contribution in [0.1, 0.15) is 40.9 Å². The lowest BCUT2D eigenvalue weighted by molar-refractivity contribution is 0.0114. The SMILES string of the molecule is C1CCOC1.O=C1NCc2c(-c3cnc4cc(F)ccn34)ccc(Nc3cccc(CN4CCC(F)(F)C4)n3)c21. The third-order valence-corrected chi connectivity index (χ3v) is 7.25. The van der Waals surface area contributed by atoms with Gasteiger partial charge >= 0.3 is 0 Å². The summed E-state index contributed by atoms with van der Waals surface area (Å²) in [7, 11) is 0. The van der Waals surface area contributed by atoms with Crippen molar-refractivity contribution in [3.63, 3.8) is 0 Å². The number of ether oxygens (including phenoxy) is 1. The van der Waals surface area contributed by atoms with Crippen LogP contribution in [0, 0.1) is 5.82 Å². The summed E-state index contributed by atoms with van der Waals surface area (Å²) in [5.41, 5.74) is 4.62. The van der Waals surface area contributed by atoms with E-state index in [-0.39, 0.29) is 24.7 Å². The summed E-state index contributed by atoms with van der Waals surface area (Å²) in [5, 5.41) is 6.09. The maximum absolute atomic E-state index is 13.6. The predicted molar refractivity (Wildman–Crippen MR) is 144 cm³/mol. The van der Waals surface area contributed by atoms with E-state index in [9.17, 15) is 18.0 Å². The standard InChI is InChI=1S/C25H21F3N6O.C4H8O/c26-15-6-8-34-20(12-29-22(34)10-15)17-4-5-19(23-18(17)11-30-24(23)35)32-21-3-1-2-16(31-21)13-33-9-7-25(27,28)14-33;1-2-4-5-3-1/h1-6,8,10,12H,7,9,11,13-14H2,(H,30,35)(H,31,32);1-4H2. The molecular formula is C29H29F3N6O2. The molecule has 0 atom stereocenters. The van der Waals surface area contributed by atoms with Crippen LogP contribution in [0.3, 0.4) is 0 Å². The minimum Gasteiger partial charge on any atom is -0.381 e. The molecule has 3 aliphatic heterocycles. The highest BCUT2D eigenvalue weighted by Gasteiger charge is 2.38. The Labute approximate surface area is 229 Å². The molecule has 2 fully saturated rings. The van der Waals surface area contributed by atoms with E-state index in [0.717, 1.165) is 30.0 Å². The summed E-state index contributed by atoms with van der Waals surface area (Å²) in [6.45, 7) is 2.75. The highest BCUT2D eigenvalue weighted by molar-refractivity contribution is 6.06. The number of benzene rings is 1. The summed E-state index contributed by atoms with van der Waals surface area (Å²) in [6.07, 6.45) is 5.69. The van der Waals surface area contributed by atoms with Crippen LogP contribution in [-0.2, 0) is 17.8 Å². The Balaban J connectivity index is 0.000000523. The Kier molecular flexibility index (Phi) is 7.16. The summed E-state index contributed by atoms with van der Waals surface area (Å²) < 4.78 is 47.4. The average Bonchev–Trinajstić information content (AvgIpc) is 3.74. The second kappa shape index (κ2) is 10.9. The number of nitrogens with zero attached hydrogens (tertiary/aromatic N) is 4. The van der Waals surface area contributed by atoms with Crippen molar-refractivity contribution in [2.24, 2.45) is 0 Å². The molecule has 3 aromatic heterocycles. The number of aromatic nitrogens is 3. The number of rotatable bonds is 5. The Morgan fingerprint density at radius 2 is 1.98 bits per heavy atom. The number of alkyl halides is 2. The molecule has 11 heteroatoms. The van der Waals surface area contributed by atoms with Crippen LogP contribution in [-0.4, -0.2) is 57.4 Å². The van der Waals surface area contributed by atoms with Crippen molar-refractivity contribution >= 4 is 23.1 Å². The number of anilines is 2. The molecule has 0 saturated carbocycles. The zero-order chi connectivity index (χ0) is 27.7. The number of hydrogen-bond donors (Lipinski definition) is 2. The lowest BCUT2D eigenvalue weighted by Crippen LogP contribution is -2.25. The first-order chi connectivity index (χ1) is 19.4. The van der Waals surface area contributed by atoms with E-state index in [1.54, 1.807) is 39.9 Å². The first-order valence-electron chi connectivity index (χ1n) is 13.3. The van der Waals surface area contributed by atoms with Gasteiger partial charge in [-0.15, -0.1) is 0 Å². The molecule has 208 valence electrons. The Morgan fingerprint density at radius 1 is 1.12 bits per heavy atom. The molecule has 2 N–H and O–H groups in total. The molecule has 0 unspecified atom stereocenters. The number of pyridine rings is 2. The second-order valence-corrected chi connectivity index (χ2v) is 10.2. The van der Waals surface area contributed by atoms with Crippen molar-refractivity contribution in [1.29, 1.82) is 0 Å². The Bertz CT molecular complexity index is 1540. The molecule has 0 bridgehead atoms. The third-order valence-electron chi connectivity index (χ3n) is 7.25. The summed E-state index contributed by atoms with van der Waals surface area (Å²) in [6, 6.07) is 11.8. The van der Waals surface area contributed by atoms with Gasteiger partial charge < -0.3 is 15.4 Å². The minimum absolute atomic E-state index is 0.139. The maximum atomic E-state index is 13.6. The van der Waals surface area contributed by atoms with Crippen LogP contribution in [0.2, 0.25) is 0 Å². The van der Waals surface area contributed by atoms with E-state index in [1.165, 1.54) is 25.0 Å². The molecule has 3 aliphatic rings. The predicted octanol–water partition coefficient (Wildman–Crippen LogP) is 5.16. The molecule has 8 nitrogen and oxygen atoms in total. The minimum atomic E-state index is -2.65. The van der Waals surface area contributed by atoms with E-state index in [0.29, 0.717) is 48.0 Å². The van der Waals surface area contributed by atoms with Gasteiger partial charge in [-0.3, -0.25) is 14.1 Å². The van der Waals surface area contributed by atoms with Gasteiger partial charge in [-0.2, -0.15) is 0 Å². The number of hydrogen-bond acceptors (Lipinski definition) is 6. The van der Waals surface area contributed by atoms with Gasteiger partial charge in [-0.25, -0.2) is 23.1 Å².